The minimum Gasteiger partial charge on any atom is -0.382 e. The summed E-state index contributed by atoms with van der Waals surface area (Å²) in [5.74, 6) is 0.526. The highest BCUT2D eigenvalue weighted by molar-refractivity contribution is 5.39. The fourth-order valence-corrected chi connectivity index (χ4v) is 0.551. The predicted octanol–water partition coefficient (Wildman–Crippen LogP) is 0.956. The van der Waals surface area contributed by atoms with Crippen LogP contribution in [0.2, 0.25) is 0 Å². The van der Waals surface area contributed by atoms with E-state index in [-0.39, 0.29) is 0 Å². The summed E-state index contributed by atoms with van der Waals surface area (Å²) < 4.78 is 1.63. The van der Waals surface area contributed by atoms with Gasteiger partial charge in [-0.2, -0.15) is 5.10 Å². The Bertz CT molecular complexity index is 224. The first-order chi connectivity index (χ1) is 4.20. The summed E-state index contributed by atoms with van der Waals surface area (Å²) in [5.41, 5.74) is 6.21. The van der Waals surface area contributed by atoms with Gasteiger partial charge in [-0.25, -0.2) is 4.68 Å². The van der Waals surface area contributed by atoms with Gasteiger partial charge in [0.25, 0.3) is 0 Å². The van der Waals surface area contributed by atoms with Crippen molar-refractivity contribution < 1.29 is 0 Å². The van der Waals surface area contributed by atoms with Gasteiger partial charge in [-0.3, -0.25) is 0 Å². The summed E-state index contributed by atoms with van der Waals surface area (Å²) in [6.07, 6.45) is 1.78. The van der Waals surface area contributed by atoms with E-state index in [1.165, 1.54) is 0 Å². The van der Waals surface area contributed by atoms with Gasteiger partial charge in [0.2, 0.25) is 0 Å². The molecule has 0 aliphatic heterocycles. The van der Waals surface area contributed by atoms with Crippen LogP contribution in [-0.2, 0) is 0 Å². The maximum atomic E-state index is 5.34. The van der Waals surface area contributed by atoms with Crippen molar-refractivity contribution in [1.29, 1.82) is 0 Å². The topological polar surface area (TPSA) is 43.8 Å². The fraction of sp³-hybridized carbons (Fsp3) is 0.167. The number of nitrogen functional groups attached to an aromatic ring is 1. The number of nitrogens with zero attached hydrogens (tertiary/aromatic N) is 2. The molecule has 1 aromatic heterocycles. The van der Waals surface area contributed by atoms with Crippen molar-refractivity contribution >= 4 is 11.5 Å². The number of allylic oxidation sites excluding steroid dienone is 1. The Hall–Kier alpha value is -1.25. The van der Waals surface area contributed by atoms with Crippen LogP contribution in [0.4, 0.5) is 5.82 Å². The fourth-order valence-electron chi connectivity index (χ4n) is 0.551. The van der Waals surface area contributed by atoms with E-state index in [9.17, 15) is 0 Å². The van der Waals surface area contributed by atoms with Crippen molar-refractivity contribution in [3.63, 3.8) is 0 Å². The number of hydrogen-bond donors (Lipinski definition) is 1. The normalized spacial score (nSPS) is 9.44. The van der Waals surface area contributed by atoms with Crippen LogP contribution in [0.1, 0.15) is 6.92 Å². The smallest absolute Gasteiger partial charge is 0.145 e. The quantitative estimate of drug-likeness (QED) is 0.604. The molecule has 0 bridgehead atoms. The first-order valence-electron chi connectivity index (χ1n) is 2.67. The average molecular weight is 123 g/mol. The molecule has 1 rings (SSSR count). The van der Waals surface area contributed by atoms with Crippen molar-refractivity contribution in [2.75, 3.05) is 5.73 Å². The van der Waals surface area contributed by atoms with Crippen molar-refractivity contribution in [2.45, 2.75) is 6.92 Å². The molecule has 0 atom stereocenters. The molecule has 0 fully saturated rings. The lowest BCUT2D eigenvalue weighted by atomic mass is 10.6. The van der Waals surface area contributed by atoms with E-state index in [1.807, 2.05) is 6.92 Å². The van der Waals surface area contributed by atoms with Gasteiger partial charge in [0.15, 0.2) is 0 Å². The van der Waals surface area contributed by atoms with Crippen LogP contribution < -0.4 is 5.73 Å². The van der Waals surface area contributed by atoms with Crippen LogP contribution in [0.3, 0.4) is 0 Å². The third-order valence-corrected chi connectivity index (χ3v) is 1.00. The average Bonchev–Trinajstić information content (AvgIpc) is 2.14. The molecule has 48 valence electrons. The molecule has 3 nitrogen and oxygen atoms in total. The number of rotatable bonds is 1. The van der Waals surface area contributed by atoms with E-state index >= 15 is 0 Å². The van der Waals surface area contributed by atoms with Crippen molar-refractivity contribution in [3.05, 3.63) is 18.8 Å². The van der Waals surface area contributed by atoms with Crippen molar-refractivity contribution in [2.24, 2.45) is 0 Å². The molecule has 9 heavy (non-hydrogen) atoms. The number of aromatic nitrogens is 2. The maximum Gasteiger partial charge on any atom is 0.145 e. The molecule has 1 aromatic rings. The molecule has 0 aliphatic carbocycles. The molecule has 2 N–H and O–H groups in total. The Morgan fingerprint density at radius 1 is 1.89 bits per heavy atom. The number of nitrogens with two attached hydrogens (primary N) is 1. The van der Waals surface area contributed by atoms with Crippen LogP contribution in [0.5, 0.6) is 0 Å². The van der Waals surface area contributed by atoms with E-state index in [0.29, 0.717) is 5.82 Å². The second kappa shape index (κ2) is 1.93. The molecule has 0 radical (unpaired) electrons. The van der Waals surface area contributed by atoms with Gasteiger partial charge in [0, 0.05) is 18.0 Å². The zero-order valence-corrected chi connectivity index (χ0v) is 5.33. The minimum atomic E-state index is 0.526. The van der Waals surface area contributed by atoms with Crippen LogP contribution in [0.15, 0.2) is 18.8 Å². The summed E-state index contributed by atoms with van der Waals surface area (Å²) in [4.78, 5) is 0. The third-order valence-electron chi connectivity index (χ3n) is 1.00. The van der Waals surface area contributed by atoms with Gasteiger partial charge in [-0.05, 0) is 6.92 Å². The van der Waals surface area contributed by atoms with Crippen LogP contribution in [0, 0.1) is 0 Å². The Labute approximate surface area is 53.8 Å². The van der Waals surface area contributed by atoms with Crippen LogP contribution >= 0.6 is 0 Å². The highest BCUT2D eigenvalue weighted by atomic mass is 15.3. The molecule has 0 unspecified atom stereocenters. The Morgan fingerprint density at radius 3 is 2.78 bits per heavy atom. The first-order valence-corrected chi connectivity index (χ1v) is 2.67. The number of anilines is 1. The second-order valence-electron chi connectivity index (χ2n) is 1.92. The van der Waals surface area contributed by atoms with Gasteiger partial charge in [-0.1, -0.05) is 6.58 Å². The van der Waals surface area contributed by atoms with Crippen molar-refractivity contribution in [1.82, 2.24) is 9.78 Å². The summed E-state index contributed by atoms with van der Waals surface area (Å²) in [6.45, 7) is 5.55. The highest BCUT2D eigenvalue weighted by Crippen LogP contribution is 2.00. The molecule has 0 aliphatic rings. The van der Waals surface area contributed by atoms with E-state index in [0.717, 1.165) is 5.70 Å². The Morgan fingerprint density at radius 2 is 2.56 bits per heavy atom. The summed E-state index contributed by atoms with van der Waals surface area (Å²) in [7, 11) is 0. The van der Waals surface area contributed by atoms with Gasteiger partial charge in [0.05, 0.1) is 0 Å². The molecular formula is C6H9N3. The largest absolute Gasteiger partial charge is 0.382 e. The van der Waals surface area contributed by atoms with Gasteiger partial charge in [0.1, 0.15) is 5.82 Å². The monoisotopic (exact) mass is 123 g/mol. The lowest BCUT2D eigenvalue weighted by Gasteiger charge is -1.94. The third kappa shape index (κ3) is 1.10. The molecule has 0 saturated carbocycles. The lowest BCUT2D eigenvalue weighted by molar-refractivity contribution is 0.904. The summed E-state index contributed by atoms with van der Waals surface area (Å²) >= 11 is 0. The minimum absolute atomic E-state index is 0.526. The highest BCUT2D eigenvalue weighted by Gasteiger charge is 1.91. The maximum absolute atomic E-state index is 5.34. The molecule has 0 spiro atoms. The zero-order valence-electron chi connectivity index (χ0n) is 5.33. The van der Waals surface area contributed by atoms with E-state index in [4.69, 9.17) is 5.73 Å². The zero-order chi connectivity index (χ0) is 6.85. The van der Waals surface area contributed by atoms with E-state index in [1.54, 1.807) is 16.9 Å². The van der Waals surface area contributed by atoms with Gasteiger partial charge in [-0.15, -0.1) is 0 Å². The molecular weight excluding hydrogens is 114 g/mol. The standard InChI is InChI=1S/C6H9N3/c1-5(2)9-4-3-6(7)8-9/h3-4H,1H2,2H3,(H2,7,8). The second-order valence-corrected chi connectivity index (χ2v) is 1.92. The Kier molecular flexibility index (Phi) is 1.26. The summed E-state index contributed by atoms with van der Waals surface area (Å²) in [6, 6.07) is 1.73. The van der Waals surface area contributed by atoms with Crippen molar-refractivity contribution in [3.8, 4) is 0 Å². The molecule has 3 heteroatoms. The molecule has 0 aromatic carbocycles. The predicted molar refractivity (Wildman–Crippen MR) is 37.6 cm³/mol. The Balaban J connectivity index is 2.98. The number of hydrogen-bond acceptors (Lipinski definition) is 2. The first kappa shape index (κ1) is 5.88. The van der Waals surface area contributed by atoms with E-state index < -0.39 is 0 Å². The molecule has 0 saturated heterocycles. The van der Waals surface area contributed by atoms with Gasteiger partial charge >= 0.3 is 0 Å². The van der Waals surface area contributed by atoms with Gasteiger partial charge < -0.3 is 5.73 Å². The van der Waals surface area contributed by atoms with Crippen LogP contribution in [0.25, 0.3) is 5.70 Å². The lowest BCUT2D eigenvalue weighted by Crippen LogP contribution is -1.93. The summed E-state index contributed by atoms with van der Waals surface area (Å²) in [5, 5.41) is 3.91. The molecule has 0 amide bonds. The van der Waals surface area contributed by atoms with Crippen LogP contribution in [-0.4, -0.2) is 9.78 Å². The SMILES string of the molecule is C=C(C)n1ccc(N)n1. The molecule has 1 heterocycles. The van der Waals surface area contributed by atoms with E-state index in [2.05, 4.69) is 11.7 Å².